The number of anilines is 1. The summed E-state index contributed by atoms with van der Waals surface area (Å²) in [6.07, 6.45) is 0.572. The van der Waals surface area contributed by atoms with Gasteiger partial charge in [0.15, 0.2) is 0 Å². The minimum atomic E-state index is 0.170. The van der Waals surface area contributed by atoms with Crippen molar-refractivity contribution in [2.75, 3.05) is 18.0 Å². The number of hydrogen-bond donors (Lipinski definition) is 1. The lowest BCUT2D eigenvalue weighted by Crippen LogP contribution is -2.25. The fraction of sp³-hybridized carbons (Fsp3) is 0.364. The van der Waals surface area contributed by atoms with Gasteiger partial charge in [-0.1, -0.05) is 22.0 Å². The highest BCUT2D eigenvalue weighted by atomic mass is 79.9. The van der Waals surface area contributed by atoms with Gasteiger partial charge in [0.05, 0.1) is 0 Å². The van der Waals surface area contributed by atoms with Gasteiger partial charge < -0.3 is 10.6 Å². The van der Waals surface area contributed by atoms with E-state index in [1.54, 1.807) is 0 Å². The van der Waals surface area contributed by atoms with Crippen molar-refractivity contribution in [2.45, 2.75) is 6.42 Å². The lowest BCUT2D eigenvalue weighted by molar-refractivity contribution is -0.117. The van der Waals surface area contributed by atoms with Crippen LogP contribution in [0.3, 0.4) is 0 Å². The van der Waals surface area contributed by atoms with E-state index in [4.69, 9.17) is 5.73 Å². The minimum absolute atomic E-state index is 0.170. The van der Waals surface area contributed by atoms with Crippen molar-refractivity contribution in [3.63, 3.8) is 0 Å². The van der Waals surface area contributed by atoms with Gasteiger partial charge in [-0.25, -0.2) is 0 Å². The number of halogens is 1. The van der Waals surface area contributed by atoms with Crippen molar-refractivity contribution in [2.24, 2.45) is 11.7 Å². The molecule has 0 aliphatic carbocycles. The van der Waals surface area contributed by atoms with Crippen LogP contribution < -0.4 is 10.6 Å². The van der Waals surface area contributed by atoms with Crippen LogP contribution >= 0.6 is 15.9 Å². The maximum absolute atomic E-state index is 11.7. The normalized spacial score (nSPS) is 21.1. The highest BCUT2D eigenvalue weighted by Gasteiger charge is 2.29. The molecule has 1 heterocycles. The van der Waals surface area contributed by atoms with Crippen LogP contribution in [0.4, 0.5) is 5.69 Å². The van der Waals surface area contributed by atoms with Crippen LogP contribution in [-0.4, -0.2) is 19.0 Å². The third-order valence-corrected chi connectivity index (χ3v) is 3.15. The number of nitrogens with two attached hydrogens (primary N) is 1. The first-order valence-corrected chi connectivity index (χ1v) is 5.76. The molecular weight excluding hydrogens is 256 g/mol. The fourth-order valence-electron chi connectivity index (χ4n) is 1.83. The Balaban J connectivity index is 2.21. The van der Waals surface area contributed by atoms with Gasteiger partial charge in [0, 0.05) is 23.1 Å². The predicted molar refractivity (Wildman–Crippen MR) is 63.7 cm³/mol. The zero-order chi connectivity index (χ0) is 10.8. The van der Waals surface area contributed by atoms with Crippen molar-refractivity contribution in [3.8, 4) is 0 Å². The van der Waals surface area contributed by atoms with Crippen LogP contribution in [0.1, 0.15) is 6.42 Å². The smallest absolute Gasteiger partial charge is 0.227 e. The monoisotopic (exact) mass is 268 g/mol. The molecule has 0 spiro atoms. The standard InChI is InChI=1S/C11H13BrN2O/c12-9-2-1-3-10(5-9)14-7-8(6-13)4-11(14)15/h1-3,5,8H,4,6-7,13H2. The van der Waals surface area contributed by atoms with Gasteiger partial charge in [-0.2, -0.15) is 0 Å². The van der Waals surface area contributed by atoms with Crippen LogP contribution in [0.5, 0.6) is 0 Å². The average molecular weight is 269 g/mol. The SMILES string of the molecule is NCC1CC(=O)N(c2cccc(Br)c2)C1. The Morgan fingerprint density at radius 1 is 1.53 bits per heavy atom. The van der Waals surface area contributed by atoms with Crippen molar-refractivity contribution < 1.29 is 4.79 Å². The lowest BCUT2D eigenvalue weighted by Gasteiger charge is -2.16. The molecule has 1 aromatic rings. The number of carbonyl (C=O) groups excluding carboxylic acids is 1. The predicted octanol–water partition coefficient (Wildman–Crippen LogP) is 1.76. The molecule has 2 N–H and O–H groups in total. The van der Waals surface area contributed by atoms with E-state index in [0.717, 1.165) is 16.7 Å². The molecule has 3 nitrogen and oxygen atoms in total. The first kappa shape index (κ1) is 10.6. The van der Waals surface area contributed by atoms with E-state index < -0.39 is 0 Å². The number of rotatable bonds is 2. The summed E-state index contributed by atoms with van der Waals surface area (Å²) < 4.78 is 0.990. The van der Waals surface area contributed by atoms with Gasteiger partial charge in [0.1, 0.15) is 0 Å². The summed E-state index contributed by atoms with van der Waals surface area (Å²) in [4.78, 5) is 13.5. The fourth-order valence-corrected chi connectivity index (χ4v) is 2.22. The molecule has 1 aliphatic rings. The van der Waals surface area contributed by atoms with Crippen LogP contribution in [0.25, 0.3) is 0 Å². The second kappa shape index (κ2) is 4.33. The van der Waals surface area contributed by atoms with E-state index in [-0.39, 0.29) is 5.91 Å². The highest BCUT2D eigenvalue weighted by molar-refractivity contribution is 9.10. The second-order valence-corrected chi connectivity index (χ2v) is 4.71. The number of amides is 1. The molecule has 1 fully saturated rings. The van der Waals surface area contributed by atoms with Gasteiger partial charge in [0.25, 0.3) is 0 Å². The molecule has 1 atom stereocenters. The topological polar surface area (TPSA) is 46.3 Å². The molecule has 80 valence electrons. The quantitative estimate of drug-likeness (QED) is 0.889. The van der Waals surface area contributed by atoms with Gasteiger partial charge >= 0.3 is 0 Å². The third-order valence-electron chi connectivity index (χ3n) is 2.66. The summed E-state index contributed by atoms with van der Waals surface area (Å²) in [7, 11) is 0. The van der Waals surface area contributed by atoms with Crippen molar-refractivity contribution >= 4 is 27.5 Å². The maximum atomic E-state index is 11.7. The van der Waals surface area contributed by atoms with Crippen LogP contribution in [-0.2, 0) is 4.79 Å². The van der Waals surface area contributed by atoms with Gasteiger partial charge in [0.2, 0.25) is 5.91 Å². The van der Waals surface area contributed by atoms with Gasteiger partial charge in [-0.3, -0.25) is 4.79 Å². The Morgan fingerprint density at radius 2 is 2.33 bits per heavy atom. The van der Waals surface area contributed by atoms with Crippen LogP contribution in [0.2, 0.25) is 0 Å². The van der Waals surface area contributed by atoms with Gasteiger partial charge in [-0.15, -0.1) is 0 Å². The lowest BCUT2D eigenvalue weighted by atomic mass is 10.1. The summed E-state index contributed by atoms with van der Waals surface area (Å²) in [5, 5.41) is 0. The molecule has 0 radical (unpaired) electrons. The Hall–Kier alpha value is -0.870. The Labute approximate surface area is 97.4 Å². The molecule has 0 bridgehead atoms. The summed E-state index contributed by atoms with van der Waals surface area (Å²) in [6, 6.07) is 7.78. The molecule has 4 heteroatoms. The first-order valence-electron chi connectivity index (χ1n) is 4.96. The number of carbonyl (C=O) groups is 1. The molecular formula is C11H13BrN2O. The number of nitrogens with zero attached hydrogens (tertiary/aromatic N) is 1. The molecule has 0 saturated carbocycles. The zero-order valence-corrected chi connectivity index (χ0v) is 9.90. The van der Waals surface area contributed by atoms with E-state index >= 15 is 0 Å². The van der Waals surface area contributed by atoms with Gasteiger partial charge in [-0.05, 0) is 30.7 Å². The zero-order valence-electron chi connectivity index (χ0n) is 8.32. The molecule has 1 aliphatic heterocycles. The summed E-state index contributed by atoms with van der Waals surface area (Å²) in [5.41, 5.74) is 6.53. The molecule has 1 unspecified atom stereocenters. The van der Waals surface area contributed by atoms with E-state index in [2.05, 4.69) is 15.9 Å². The highest BCUT2D eigenvalue weighted by Crippen LogP contribution is 2.26. The molecule has 15 heavy (non-hydrogen) atoms. The van der Waals surface area contributed by atoms with E-state index in [9.17, 15) is 4.79 Å². The molecule has 2 rings (SSSR count). The number of hydrogen-bond acceptors (Lipinski definition) is 2. The van der Waals surface area contributed by atoms with E-state index in [1.807, 2.05) is 29.2 Å². The molecule has 1 aromatic carbocycles. The average Bonchev–Trinajstić information content (AvgIpc) is 2.60. The Kier molecular flexibility index (Phi) is 3.07. The summed E-state index contributed by atoms with van der Waals surface area (Å²) in [5.74, 6) is 0.472. The summed E-state index contributed by atoms with van der Waals surface area (Å²) >= 11 is 3.40. The Morgan fingerprint density at radius 3 is 2.93 bits per heavy atom. The largest absolute Gasteiger partial charge is 0.330 e. The molecule has 1 saturated heterocycles. The van der Waals surface area contributed by atoms with Crippen LogP contribution in [0, 0.1) is 5.92 Å². The van der Waals surface area contributed by atoms with E-state index in [0.29, 0.717) is 18.9 Å². The Bertz CT molecular complexity index is 381. The van der Waals surface area contributed by atoms with Crippen molar-refractivity contribution in [1.29, 1.82) is 0 Å². The third kappa shape index (κ3) is 2.21. The second-order valence-electron chi connectivity index (χ2n) is 3.79. The van der Waals surface area contributed by atoms with Crippen molar-refractivity contribution in [3.05, 3.63) is 28.7 Å². The molecule has 0 aromatic heterocycles. The van der Waals surface area contributed by atoms with Crippen molar-refractivity contribution in [1.82, 2.24) is 0 Å². The molecule has 1 amide bonds. The first-order chi connectivity index (χ1) is 7.20. The van der Waals surface area contributed by atoms with E-state index in [1.165, 1.54) is 0 Å². The maximum Gasteiger partial charge on any atom is 0.227 e. The van der Waals surface area contributed by atoms with Crippen LogP contribution in [0.15, 0.2) is 28.7 Å². The number of benzene rings is 1. The minimum Gasteiger partial charge on any atom is -0.330 e. The summed E-state index contributed by atoms with van der Waals surface area (Å²) in [6.45, 7) is 1.32.